The van der Waals surface area contributed by atoms with Crippen molar-refractivity contribution >= 4 is 5.82 Å². The molecule has 3 heterocycles. The van der Waals surface area contributed by atoms with E-state index in [-0.39, 0.29) is 0 Å². The van der Waals surface area contributed by atoms with Gasteiger partial charge in [-0.3, -0.25) is 9.88 Å². The highest BCUT2D eigenvalue weighted by Crippen LogP contribution is 2.49. The van der Waals surface area contributed by atoms with Crippen molar-refractivity contribution < 1.29 is 4.74 Å². The lowest BCUT2D eigenvalue weighted by Crippen LogP contribution is -2.48. The van der Waals surface area contributed by atoms with E-state index < -0.39 is 0 Å². The van der Waals surface area contributed by atoms with Crippen molar-refractivity contribution in [3.05, 3.63) is 54.0 Å². The minimum absolute atomic E-state index is 0.331. The van der Waals surface area contributed by atoms with Crippen molar-refractivity contribution in [3.8, 4) is 0 Å². The normalized spacial score (nSPS) is 25.3. The van der Waals surface area contributed by atoms with E-state index >= 15 is 0 Å². The Kier molecular flexibility index (Phi) is 4.58. The first-order valence-corrected chi connectivity index (χ1v) is 10.3. The van der Waals surface area contributed by atoms with E-state index in [1.807, 2.05) is 6.20 Å². The number of morpholine rings is 1. The zero-order chi connectivity index (χ0) is 18.1. The van der Waals surface area contributed by atoms with Crippen molar-refractivity contribution in [2.75, 3.05) is 44.3 Å². The zero-order valence-electron chi connectivity index (χ0n) is 15.9. The molecule has 0 N–H and O–H groups in total. The van der Waals surface area contributed by atoms with E-state index in [1.165, 1.54) is 25.7 Å². The fraction of sp³-hybridized carbons (Fsp3) is 0.545. The van der Waals surface area contributed by atoms with Crippen LogP contribution in [0.15, 0.2) is 42.9 Å². The lowest BCUT2D eigenvalue weighted by Gasteiger charge is -2.49. The highest BCUT2D eigenvalue weighted by molar-refractivity contribution is 5.43. The molecule has 1 aromatic heterocycles. The van der Waals surface area contributed by atoms with Crippen LogP contribution in [0.25, 0.3) is 0 Å². The molecule has 1 atom stereocenters. The summed E-state index contributed by atoms with van der Waals surface area (Å²) in [5, 5.41) is 0. The van der Waals surface area contributed by atoms with Crippen LogP contribution in [-0.4, -0.2) is 54.3 Å². The minimum Gasteiger partial charge on any atom is -0.379 e. The monoisotopic (exact) mass is 364 g/mol. The van der Waals surface area contributed by atoms with Crippen molar-refractivity contribution in [2.45, 2.75) is 37.1 Å². The lowest BCUT2D eigenvalue weighted by atomic mass is 9.63. The highest BCUT2D eigenvalue weighted by atomic mass is 16.5. The van der Waals surface area contributed by atoms with Gasteiger partial charge in [-0.25, -0.2) is 4.98 Å². The maximum absolute atomic E-state index is 5.58. The standard InChI is InChI=1S/C22H28N4O/c1-2-4-19-18(3-1)20(25-13-15-27-16-14-25)5-6-22(19)7-11-26(12-8-22)21-17-23-9-10-24-21/h1-4,9-10,17,20H,5-8,11-16H2. The molecule has 1 unspecified atom stereocenters. The van der Waals surface area contributed by atoms with Crippen LogP contribution >= 0.6 is 0 Å². The Morgan fingerprint density at radius 3 is 2.56 bits per heavy atom. The number of hydrogen-bond acceptors (Lipinski definition) is 5. The quantitative estimate of drug-likeness (QED) is 0.819. The third kappa shape index (κ3) is 3.13. The Balaban J connectivity index is 1.39. The third-order valence-electron chi connectivity index (χ3n) is 6.87. The molecule has 0 saturated carbocycles. The van der Waals surface area contributed by atoms with E-state index in [0.29, 0.717) is 11.5 Å². The van der Waals surface area contributed by atoms with Crippen molar-refractivity contribution in [2.24, 2.45) is 0 Å². The molecule has 1 spiro atoms. The van der Waals surface area contributed by atoms with E-state index in [9.17, 15) is 0 Å². The molecule has 2 aromatic rings. The molecule has 2 saturated heterocycles. The van der Waals surface area contributed by atoms with Crippen LogP contribution < -0.4 is 4.90 Å². The summed E-state index contributed by atoms with van der Waals surface area (Å²) in [5.41, 5.74) is 3.50. The molecule has 2 aliphatic heterocycles. The second-order valence-corrected chi connectivity index (χ2v) is 8.12. The molecule has 142 valence electrons. The summed E-state index contributed by atoms with van der Waals surface area (Å²) in [4.78, 5) is 13.8. The molecule has 0 amide bonds. The van der Waals surface area contributed by atoms with Gasteiger partial charge in [-0.05, 0) is 42.2 Å². The number of aromatic nitrogens is 2. The fourth-order valence-corrected chi connectivity index (χ4v) is 5.38. The van der Waals surface area contributed by atoms with Gasteiger partial charge in [0.05, 0.1) is 19.4 Å². The van der Waals surface area contributed by atoms with E-state index in [0.717, 1.165) is 45.2 Å². The van der Waals surface area contributed by atoms with Gasteiger partial charge in [-0.1, -0.05) is 24.3 Å². The van der Waals surface area contributed by atoms with Crippen molar-refractivity contribution in [1.82, 2.24) is 14.9 Å². The summed E-state index contributed by atoms with van der Waals surface area (Å²) < 4.78 is 5.58. The Morgan fingerprint density at radius 1 is 0.963 bits per heavy atom. The van der Waals surface area contributed by atoms with Crippen LogP contribution in [0, 0.1) is 0 Å². The largest absolute Gasteiger partial charge is 0.379 e. The predicted molar refractivity (Wildman–Crippen MR) is 106 cm³/mol. The van der Waals surface area contributed by atoms with Gasteiger partial charge in [0, 0.05) is 44.6 Å². The number of rotatable bonds is 2. The molecule has 0 bridgehead atoms. The molecule has 27 heavy (non-hydrogen) atoms. The van der Waals surface area contributed by atoms with Gasteiger partial charge >= 0.3 is 0 Å². The summed E-state index contributed by atoms with van der Waals surface area (Å²) in [7, 11) is 0. The number of ether oxygens (including phenoxy) is 1. The van der Waals surface area contributed by atoms with E-state index in [1.54, 1.807) is 23.5 Å². The fourth-order valence-electron chi connectivity index (χ4n) is 5.38. The molecular formula is C22H28N4O. The smallest absolute Gasteiger partial charge is 0.147 e. The Morgan fingerprint density at radius 2 is 1.78 bits per heavy atom. The van der Waals surface area contributed by atoms with Gasteiger partial charge < -0.3 is 9.64 Å². The summed E-state index contributed by atoms with van der Waals surface area (Å²) in [6.45, 7) is 6.00. The molecule has 1 aromatic carbocycles. The lowest BCUT2D eigenvalue weighted by molar-refractivity contribution is 0.00871. The van der Waals surface area contributed by atoms with Crippen LogP contribution in [0.4, 0.5) is 5.82 Å². The number of nitrogens with zero attached hydrogens (tertiary/aromatic N) is 4. The second-order valence-electron chi connectivity index (χ2n) is 8.12. The summed E-state index contributed by atoms with van der Waals surface area (Å²) in [6.07, 6.45) is 10.4. The van der Waals surface area contributed by atoms with Crippen LogP contribution in [-0.2, 0) is 10.2 Å². The van der Waals surface area contributed by atoms with Crippen LogP contribution in [0.5, 0.6) is 0 Å². The Hall–Kier alpha value is -1.98. The van der Waals surface area contributed by atoms with Gasteiger partial charge in [0.25, 0.3) is 0 Å². The maximum atomic E-state index is 5.58. The predicted octanol–water partition coefficient (Wildman–Crippen LogP) is 3.18. The topological polar surface area (TPSA) is 41.5 Å². The van der Waals surface area contributed by atoms with Crippen molar-refractivity contribution in [1.29, 1.82) is 0 Å². The van der Waals surface area contributed by atoms with E-state index in [4.69, 9.17) is 4.74 Å². The zero-order valence-corrected chi connectivity index (χ0v) is 15.9. The van der Waals surface area contributed by atoms with Gasteiger partial charge in [0.15, 0.2) is 0 Å². The second kappa shape index (κ2) is 7.21. The first kappa shape index (κ1) is 17.1. The highest BCUT2D eigenvalue weighted by Gasteiger charge is 2.43. The summed E-state index contributed by atoms with van der Waals surface area (Å²) in [6, 6.07) is 9.80. The maximum Gasteiger partial charge on any atom is 0.147 e. The Labute approximate surface area is 161 Å². The summed E-state index contributed by atoms with van der Waals surface area (Å²) >= 11 is 0. The summed E-state index contributed by atoms with van der Waals surface area (Å²) in [5.74, 6) is 1.02. The number of anilines is 1. The average Bonchev–Trinajstić information content (AvgIpc) is 2.76. The molecule has 5 nitrogen and oxygen atoms in total. The van der Waals surface area contributed by atoms with Gasteiger partial charge in [-0.15, -0.1) is 0 Å². The first-order chi connectivity index (χ1) is 13.4. The van der Waals surface area contributed by atoms with Gasteiger partial charge in [0.1, 0.15) is 5.82 Å². The average molecular weight is 364 g/mol. The molecule has 1 aliphatic carbocycles. The first-order valence-electron chi connectivity index (χ1n) is 10.3. The van der Waals surface area contributed by atoms with Gasteiger partial charge in [-0.2, -0.15) is 0 Å². The molecule has 3 aliphatic rings. The number of benzene rings is 1. The van der Waals surface area contributed by atoms with E-state index in [2.05, 4.69) is 44.0 Å². The van der Waals surface area contributed by atoms with Gasteiger partial charge in [0.2, 0.25) is 0 Å². The Bertz CT molecular complexity index is 767. The van der Waals surface area contributed by atoms with Crippen molar-refractivity contribution in [3.63, 3.8) is 0 Å². The number of piperidine rings is 1. The SMILES string of the molecule is c1ccc2c(c1)C(N1CCOCC1)CCC21CCN(c2cnccn2)CC1. The minimum atomic E-state index is 0.331. The van der Waals surface area contributed by atoms with Crippen LogP contribution in [0.1, 0.15) is 42.9 Å². The third-order valence-corrected chi connectivity index (χ3v) is 6.87. The van der Waals surface area contributed by atoms with Crippen LogP contribution in [0.3, 0.4) is 0 Å². The molecule has 5 rings (SSSR count). The molecule has 0 radical (unpaired) electrons. The number of fused-ring (bicyclic) bond motifs is 2. The number of hydrogen-bond donors (Lipinski definition) is 0. The molecular weight excluding hydrogens is 336 g/mol. The molecule has 2 fully saturated rings. The van der Waals surface area contributed by atoms with Crippen LogP contribution in [0.2, 0.25) is 0 Å². The molecule has 5 heteroatoms.